The average molecular weight is 372 g/mol. The molecule has 1 aromatic carbocycles. The zero-order valence-corrected chi connectivity index (χ0v) is 15.5. The molecule has 9 heteroatoms. The monoisotopic (exact) mass is 372 g/mol. The molecule has 0 spiro atoms. The van der Waals surface area contributed by atoms with Crippen molar-refractivity contribution < 1.29 is 9.53 Å². The number of rotatable bonds is 7. The van der Waals surface area contributed by atoms with Gasteiger partial charge in [0.25, 0.3) is 0 Å². The number of esters is 1. The van der Waals surface area contributed by atoms with Gasteiger partial charge in [0, 0.05) is 20.5 Å². The molecule has 0 saturated heterocycles. The van der Waals surface area contributed by atoms with E-state index in [1.165, 1.54) is 0 Å². The molecule has 136 valence electrons. The van der Waals surface area contributed by atoms with Crippen LogP contribution >= 0.6 is 11.3 Å². The van der Waals surface area contributed by atoms with Gasteiger partial charge in [-0.1, -0.05) is 12.1 Å². The Morgan fingerprint density at radius 2 is 2.00 bits per heavy atom. The fourth-order valence-corrected chi connectivity index (χ4v) is 3.33. The highest BCUT2D eigenvalue weighted by molar-refractivity contribution is 7.18. The molecule has 2 heterocycles. The summed E-state index contributed by atoms with van der Waals surface area (Å²) in [5, 5.41) is 1.03. The lowest BCUT2D eigenvalue weighted by Gasteiger charge is -2.11. The van der Waals surface area contributed by atoms with Crippen molar-refractivity contribution in [2.45, 2.75) is 25.9 Å². The van der Waals surface area contributed by atoms with Crippen LogP contribution in [0.5, 0.6) is 0 Å². The average Bonchev–Trinajstić information content (AvgIpc) is 3.02. The molecule has 0 atom stereocenters. The minimum Gasteiger partial charge on any atom is -0.457 e. The number of fused-ring (bicyclic) bond motifs is 1. The second-order valence-electron chi connectivity index (χ2n) is 5.89. The maximum absolute atomic E-state index is 11.9. The normalized spacial score (nSPS) is 10.8. The summed E-state index contributed by atoms with van der Waals surface area (Å²) in [6.45, 7) is -0.0203. The Morgan fingerprint density at radius 1 is 1.19 bits per heavy atom. The van der Waals surface area contributed by atoms with Crippen LogP contribution in [-0.4, -0.2) is 40.0 Å². The zero-order chi connectivity index (χ0) is 18.5. The summed E-state index contributed by atoms with van der Waals surface area (Å²) in [5.41, 5.74) is 6.64. The molecular weight excluding hydrogens is 352 g/mol. The van der Waals surface area contributed by atoms with E-state index in [1.807, 2.05) is 24.3 Å². The number of ether oxygens (including phenoxy) is 1. The van der Waals surface area contributed by atoms with Gasteiger partial charge in [-0.3, -0.25) is 4.79 Å². The first-order chi connectivity index (χ1) is 12.5. The Morgan fingerprint density at radius 3 is 2.77 bits per heavy atom. The Bertz CT molecular complexity index is 878. The van der Waals surface area contributed by atoms with E-state index in [9.17, 15) is 4.79 Å². The summed E-state index contributed by atoms with van der Waals surface area (Å²) in [5.74, 6) is 0.571. The van der Waals surface area contributed by atoms with Crippen LogP contribution in [0.25, 0.3) is 10.2 Å². The molecule has 3 aromatic rings. The van der Waals surface area contributed by atoms with Crippen molar-refractivity contribution in [2.75, 3.05) is 24.7 Å². The van der Waals surface area contributed by atoms with Gasteiger partial charge in [0.1, 0.15) is 0 Å². The van der Waals surface area contributed by atoms with Crippen molar-refractivity contribution >= 4 is 39.4 Å². The molecule has 0 fully saturated rings. The highest BCUT2D eigenvalue weighted by atomic mass is 32.1. The number of nitrogens with zero attached hydrogens (tertiary/aromatic N) is 5. The smallest absolute Gasteiger partial charge is 0.306 e. The van der Waals surface area contributed by atoms with Gasteiger partial charge in [0.2, 0.25) is 11.9 Å². The van der Waals surface area contributed by atoms with Crippen LogP contribution in [-0.2, 0) is 22.6 Å². The van der Waals surface area contributed by atoms with E-state index in [0.717, 1.165) is 21.6 Å². The van der Waals surface area contributed by atoms with Gasteiger partial charge in [-0.15, -0.1) is 11.3 Å². The van der Waals surface area contributed by atoms with Crippen molar-refractivity contribution in [3.8, 4) is 0 Å². The minimum atomic E-state index is -0.295. The summed E-state index contributed by atoms with van der Waals surface area (Å²) in [7, 11) is 3.60. The van der Waals surface area contributed by atoms with Gasteiger partial charge in [-0.25, -0.2) is 4.98 Å². The number of anilines is 2. The SMILES string of the molecule is CN(C)c1nc(N)nc(COC(=O)CCCc2nc3ccccc3s2)n1. The minimum absolute atomic E-state index is 0.0203. The first-order valence-corrected chi connectivity index (χ1v) is 9.01. The van der Waals surface area contributed by atoms with E-state index in [4.69, 9.17) is 10.5 Å². The molecule has 2 N–H and O–H groups in total. The molecule has 0 saturated carbocycles. The Hall–Kier alpha value is -2.81. The molecule has 0 aliphatic rings. The van der Waals surface area contributed by atoms with Crippen molar-refractivity contribution in [3.63, 3.8) is 0 Å². The molecule has 0 aliphatic carbocycles. The van der Waals surface area contributed by atoms with Gasteiger partial charge in [0.05, 0.1) is 15.2 Å². The summed E-state index contributed by atoms with van der Waals surface area (Å²) < 4.78 is 6.39. The lowest BCUT2D eigenvalue weighted by molar-refractivity contribution is -0.145. The number of carbonyl (C=O) groups is 1. The van der Waals surface area contributed by atoms with E-state index < -0.39 is 0 Å². The van der Waals surface area contributed by atoms with Crippen LogP contribution in [0.1, 0.15) is 23.7 Å². The number of hydrogen-bond donors (Lipinski definition) is 1. The highest BCUT2D eigenvalue weighted by Crippen LogP contribution is 2.22. The predicted octanol–water partition coefficient (Wildman–Crippen LogP) is 2.20. The number of aryl methyl sites for hydroxylation is 1. The van der Waals surface area contributed by atoms with Crippen molar-refractivity contribution in [3.05, 3.63) is 35.1 Å². The second kappa shape index (κ2) is 8.05. The number of nitrogen functional groups attached to an aromatic ring is 1. The lowest BCUT2D eigenvalue weighted by atomic mass is 10.2. The Labute approximate surface area is 155 Å². The van der Waals surface area contributed by atoms with Crippen LogP contribution in [0.2, 0.25) is 0 Å². The standard InChI is InChI=1S/C17H20N6O2S/c1-23(2)17-21-13(20-16(18)22-17)10-25-15(24)9-5-8-14-19-11-6-3-4-7-12(11)26-14/h3-4,6-7H,5,8-10H2,1-2H3,(H2,18,20,21,22). The van der Waals surface area contributed by atoms with Gasteiger partial charge in [0.15, 0.2) is 12.4 Å². The molecule has 3 rings (SSSR count). The van der Waals surface area contributed by atoms with E-state index >= 15 is 0 Å². The maximum Gasteiger partial charge on any atom is 0.306 e. The second-order valence-corrected chi connectivity index (χ2v) is 7.01. The number of thiazole rings is 1. The van der Waals surface area contributed by atoms with E-state index in [1.54, 1.807) is 30.3 Å². The topological polar surface area (TPSA) is 107 Å². The number of para-hydroxylation sites is 1. The largest absolute Gasteiger partial charge is 0.457 e. The summed E-state index contributed by atoms with van der Waals surface area (Å²) in [4.78, 5) is 30.4. The fourth-order valence-electron chi connectivity index (χ4n) is 2.32. The first kappa shape index (κ1) is 18.0. The lowest BCUT2D eigenvalue weighted by Crippen LogP contribution is -2.17. The molecule has 0 radical (unpaired) electrons. The quantitative estimate of drug-likeness (QED) is 0.629. The van der Waals surface area contributed by atoms with Crippen LogP contribution in [0.3, 0.4) is 0 Å². The molecular formula is C17H20N6O2S. The maximum atomic E-state index is 11.9. The predicted molar refractivity (Wildman–Crippen MR) is 101 cm³/mol. The van der Waals surface area contributed by atoms with Crippen LogP contribution in [0.4, 0.5) is 11.9 Å². The third-order valence-electron chi connectivity index (χ3n) is 3.56. The third kappa shape index (κ3) is 4.63. The highest BCUT2D eigenvalue weighted by Gasteiger charge is 2.10. The summed E-state index contributed by atoms with van der Waals surface area (Å²) in [6.07, 6.45) is 1.75. The van der Waals surface area contributed by atoms with Crippen LogP contribution in [0, 0.1) is 0 Å². The van der Waals surface area contributed by atoms with Crippen LogP contribution < -0.4 is 10.6 Å². The molecule has 0 aliphatic heterocycles. The molecule has 0 amide bonds. The first-order valence-electron chi connectivity index (χ1n) is 8.19. The summed E-state index contributed by atoms with van der Waals surface area (Å²) >= 11 is 1.66. The van der Waals surface area contributed by atoms with Crippen molar-refractivity contribution in [1.82, 2.24) is 19.9 Å². The molecule has 0 unspecified atom stereocenters. The number of hydrogen-bond acceptors (Lipinski definition) is 9. The fraction of sp³-hybridized carbons (Fsp3) is 0.353. The van der Waals surface area contributed by atoms with E-state index in [0.29, 0.717) is 24.6 Å². The van der Waals surface area contributed by atoms with Crippen molar-refractivity contribution in [1.29, 1.82) is 0 Å². The van der Waals surface area contributed by atoms with Gasteiger partial charge >= 0.3 is 5.97 Å². The zero-order valence-electron chi connectivity index (χ0n) is 14.7. The van der Waals surface area contributed by atoms with Gasteiger partial charge in [-0.05, 0) is 25.0 Å². The Balaban J connectivity index is 1.47. The molecule has 2 aromatic heterocycles. The number of nitrogens with two attached hydrogens (primary N) is 1. The third-order valence-corrected chi connectivity index (χ3v) is 4.66. The van der Waals surface area contributed by atoms with Gasteiger partial charge < -0.3 is 15.4 Å². The van der Waals surface area contributed by atoms with Crippen LogP contribution in [0.15, 0.2) is 24.3 Å². The molecule has 0 bridgehead atoms. The number of carbonyl (C=O) groups excluding carboxylic acids is 1. The number of aromatic nitrogens is 4. The Kier molecular flexibility index (Phi) is 5.57. The molecule has 8 nitrogen and oxygen atoms in total. The van der Waals surface area contributed by atoms with Crippen molar-refractivity contribution in [2.24, 2.45) is 0 Å². The summed E-state index contributed by atoms with van der Waals surface area (Å²) in [6, 6.07) is 8.01. The van der Waals surface area contributed by atoms with E-state index in [-0.39, 0.29) is 18.5 Å². The molecule has 26 heavy (non-hydrogen) atoms. The number of benzene rings is 1. The van der Waals surface area contributed by atoms with Gasteiger partial charge in [-0.2, -0.15) is 15.0 Å². The van der Waals surface area contributed by atoms with E-state index in [2.05, 4.69) is 19.9 Å².